The standard InChI is InChI=1S/C18H14ClN/c1-13-6-5-9-16(14-7-3-2-4-8-14)18(13)17-11-10-15(19)12-20-17/h2-12H,1H3. The third-order valence-electron chi connectivity index (χ3n) is 3.34. The first-order valence-corrected chi connectivity index (χ1v) is 6.90. The Morgan fingerprint density at radius 2 is 1.65 bits per heavy atom. The average molecular weight is 280 g/mol. The minimum absolute atomic E-state index is 0.656. The van der Waals surface area contributed by atoms with Gasteiger partial charge in [-0.15, -0.1) is 0 Å². The van der Waals surface area contributed by atoms with Gasteiger partial charge < -0.3 is 0 Å². The molecule has 20 heavy (non-hydrogen) atoms. The van der Waals surface area contributed by atoms with Crippen molar-refractivity contribution in [2.45, 2.75) is 6.92 Å². The van der Waals surface area contributed by atoms with Crippen molar-refractivity contribution >= 4 is 11.6 Å². The van der Waals surface area contributed by atoms with E-state index in [-0.39, 0.29) is 0 Å². The topological polar surface area (TPSA) is 12.9 Å². The lowest BCUT2D eigenvalue weighted by Gasteiger charge is -2.12. The van der Waals surface area contributed by atoms with Crippen molar-refractivity contribution in [1.82, 2.24) is 4.98 Å². The second-order valence-corrected chi connectivity index (χ2v) is 5.16. The number of hydrogen-bond donors (Lipinski definition) is 0. The first kappa shape index (κ1) is 12.9. The normalized spacial score (nSPS) is 10.5. The van der Waals surface area contributed by atoms with E-state index < -0.39 is 0 Å². The number of hydrogen-bond acceptors (Lipinski definition) is 1. The van der Waals surface area contributed by atoms with Crippen molar-refractivity contribution in [1.29, 1.82) is 0 Å². The van der Waals surface area contributed by atoms with Crippen LogP contribution in [-0.4, -0.2) is 4.98 Å². The summed E-state index contributed by atoms with van der Waals surface area (Å²) in [5.74, 6) is 0. The molecule has 0 saturated carbocycles. The highest BCUT2D eigenvalue weighted by Crippen LogP contribution is 2.33. The zero-order valence-corrected chi connectivity index (χ0v) is 11.9. The fourth-order valence-electron chi connectivity index (χ4n) is 2.39. The minimum Gasteiger partial charge on any atom is -0.255 e. The molecule has 0 spiro atoms. The molecular formula is C18H14ClN. The lowest BCUT2D eigenvalue weighted by Crippen LogP contribution is -1.91. The molecule has 0 bridgehead atoms. The van der Waals surface area contributed by atoms with Crippen LogP contribution in [0.2, 0.25) is 5.02 Å². The Kier molecular flexibility index (Phi) is 3.53. The number of aryl methyl sites for hydroxylation is 1. The number of benzene rings is 2. The molecule has 1 aromatic heterocycles. The molecule has 0 radical (unpaired) electrons. The Morgan fingerprint density at radius 1 is 0.850 bits per heavy atom. The van der Waals surface area contributed by atoms with E-state index in [1.54, 1.807) is 6.20 Å². The van der Waals surface area contributed by atoms with Crippen molar-refractivity contribution in [2.24, 2.45) is 0 Å². The van der Waals surface area contributed by atoms with E-state index in [1.807, 2.05) is 18.2 Å². The number of aromatic nitrogens is 1. The fourth-order valence-corrected chi connectivity index (χ4v) is 2.50. The zero-order chi connectivity index (χ0) is 13.9. The second-order valence-electron chi connectivity index (χ2n) is 4.73. The van der Waals surface area contributed by atoms with Crippen LogP contribution in [0, 0.1) is 6.92 Å². The van der Waals surface area contributed by atoms with E-state index in [4.69, 9.17) is 11.6 Å². The largest absolute Gasteiger partial charge is 0.255 e. The predicted octanol–water partition coefficient (Wildman–Crippen LogP) is 5.38. The Hall–Kier alpha value is -2.12. The van der Waals surface area contributed by atoms with Gasteiger partial charge in [-0.2, -0.15) is 0 Å². The molecule has 0 aliphatic heterocycles. The molecule has 3 rings (SSSR count). The summed E-state index contributed by atoms with van der Waals surface area (Å²) < 4.78 is 0. The Morgan fingerprint density at radius 3 is 2.35 bits per heavy atom. The van der Waals surface area contributed by atoms with E-state index >= 15 is 0 Å². The Labute approximate surface area is 123 Å². The summed E-state index contributed by atoms with van der Waals surface area (Å²) in [5, 5.41) is 0.656. The second kappa shape index (κ2) is 5.48. The van der Waals surface area contributed by atoms with E-state index in [0.717, 1.165) is 11.3 Å². The summed E-state index contributed by atoms with van der Waals surface area (Å²) in [6.45, 7) is 2.11. The van der Waals surface area contributed by atoms with Gasteiger partial charge in [0.25, 0.3) is 0 Å². The quantitative estimate of drug-likeness (QED) is 0.614. The third kappa shape index (κ3) is 2.45. The molecule has 0 fully saturated rings. The van der Waals surface area contributed by atoms with Gasteiger partial charge in [-0.05, 0) is 35.7 Å². The van der Waals surface area contributed by atoms with Gasteiger partial charge in [-0.25, -0.2) is 0 Å². The van der Waals surface area contributed by atoms with Gasteiger partial charge in [0.1, 0.15) is 0 Å². The van der Waals surface area contributed by atoms with Crippen molar-refractivity contribution in [2.75, 3.05) is 0 Å². The van der Waals surface area contributed by atoms with Crippen molar-refractivity contribution in [3.63, 3.8) is 0 Å². The molecule has 0 amide bonds. The summed E-state index contributed by atoms with van der Waals surface area (Å²) in [6.07, 6.45) is 1.69. The summed E-state index contributed by atoms with van der Waals surface area (Å²) in [6, 6.07) is 20.5. The van der Waals surface area contributed by atoms with E-state index in [0.29, 0.717) is 5.02 Å². The van der Waals surface area contributed by atoms with E-state index in [2.05, 4.69) is 54.4 Å². The Bertz CT molecular complexity index is 718. The molecule has 0 aliphatic rings. The van der Waals surface area contributed by atoms with Crippen LogP contribution in [0.1, 0.15) is 5.56 Å². The predicted molar refractivity (Wildman–Crippen MR) is 84.9 cm³/mol. The first-order valence-electron chi connectivity index (χ1n) is 6.52. The summed E-state index contributed by atoms with van der Waals surface area (Å²) in [5.41, 5.74) is 5.71. The highest BCUT2D eigenvalue weighted by atomic mass is 35.5. The van der Waals surface area contributed by atoms with Gasteiger partial charge in [0.2, 0.25) is 0 Å². The maximum absolute atomic E-state index is 5.93. The van der Waals surface area contributed by atoms with Gasteiger partial charge in [-0.1, -0.05) is 60.1 Å². The molecule has 0 atom stereocenters. The monoisotopic (exact) mass is 279 g/mol. The molecule has 1 nitrogen and oxygen atoms in total. The van der Waals surface area contributed by atoms with Gasteiger partial charge in [0, 0.05) is 11.8 Å². The number of rotatable bonds is 2. The first-order chi connectivity index (χ1) is 9.75. The molecule has 0 aliphatic carbocycles. The average Bonchev–Trinajstić information content (AvgIpc) is 2.49. The van der Waals surface area contributed by atoms with Crippen LogP contribution in [0.25, 0.3) is 22.4 Å². The maximum atomic E-state index is 5.93. The van der Waals surface area contributed by atoms with Gasteiger partial charge in [0.15, 0.2) is 0 Å². The highest BCUT2D eigenvalue weighted by Gasteiger charge is 2.10. The summed E-state index contributed by atoms with van der Waals surface area (Å²) in [4.78, 5) is 4.46. The van der Waals surface area contributed by atoms with Gasteiger partial charge in [-0.3, -0.25) is 4.98 Å². The van der Waals surface area contributed by atoms with Crippen LogP contribution >= 0.6 is 11.6 Å². The van der Waals surface area contributed by atoms with Crippen LogP contribution < -0.4 is 0 Å². The smallest absolute Gasteiger partial charge is 0.0712 e. The van der Waals surface area contributed by atoms with Crippen LogP contribution in [0.15, 0.2) is 66.9 Å². The number of halogens is 1. The molecule has 0 saturated heterocycles. The fraction of sp³-hybridized carbons (Fsp3) is 0.0556. The summed E-state index contributed by atoms with van der Waals surface area (Å²) >= 11 is 5.93. The lowest BCUT2D eigenvalue weighted by atomic mass is 9.93. The molecular weight excluding hydrogens is 266 g/mol. The zero-order valence-electron chi connectivity index (χ0n) is 11.2. The van der Waals surface area contributed by atoms with Crippen molar-refractivity contribution in [3.05, 3.63) is 77.4 Å². The summed E-state index contributed by atoms with van der Waals surface area (Å²) in [7, 11) is 0. The van der Waals surface area contributed by atoms with Crippen molar-refractivity contribution < 1.29 is 0 Å². The van der Waals surface area contributed by atoms with Gasteiger partial charge in [0.05, 0.1) is 10.7 Å². The molecule has 1 heterocycles. The van der Waals surface area contributed by atoms with Crippen LogP contribution in [0.3, 0.4) is 0 Å². The van der Waals surface area contributed by atoms with Crippen molar-refractivity contribution in [3.8, 4) is 22.4 Å². The van der Waals surface area contributed by atoms with Crippen LogP contribution in [0.5, 0.6) is 0 Å². The molecule has 3 aromatic rings. The molecule has 98 valence electrons. The van der Waals surface area contributed by atoms with Crippen LogP contribution in [0.4, 0.5) is 0 Å². The third-order valence-corrected chi connectivity index (χ3v) is 3.56. The van der Waals surface area contributed by atoms with E-state index in [9.17, 15) is 0 Å². The molecule has 0 N–H and O–H groups in total. The highest BCUT2D eigenvalue weighted by molar-refractivity contribution is 6.30. The minimum atomic E-state index is 0.656. The van der Waals surface area contributed by atoms with E-state index in [1.165, 1.54) is 16.7 Å². The SMILES string of the molecule is Cc1cccc(-c2ccccc2)c1-c1ccc(Cl)cn1. The maximum Gasteiger partial charge on any atom is 0.0712 e. The molecule has 2 aromatic carbocycles. The number of nitrogens with zero attached hydrogens (tertiary/aromatic N) is 1. The number of pyridine rings is 1. The molecule has 2 heteroatoms. The Balaban J connectivity index is 2.22. The van der Waals surface area contributed by atoms with Crippen LogP contribution in [-0.2, 0) is 0 Å². The molecule has 0 unspecified atom stereocenters. The lowest BCUT2D eigenvalue weighted by molar-refractivity contribution is 1.31. The van der Waals surface area contributed by atoms with Gasteiger partial charge >= 0.3 is 0 Å².